The minimum Gasteiger partial charge on any atom is -0.495 e. The van der Waals surface area contributed by atoms with Crippen molar-refractivity contribution in [3.63, 3.8) is 0 Å². The van der Waals surface area contributed by atoms with E-state index in [9.17, 15) is 8.42 Å². The normalized spacial score (nSPS) is 15.8. The Bertz CT molecular complexity index is 637. The second-order valence-electron chi connectivity index (χ2n) is 5.85. The van der Waals surface area contributed by atoms with Gasteiger partial charge in [-0.05, 0) is 38.7 Å². The maximum absolute atomic E-state index is 12.6. The van der Waals surface area contributed by atoms with Gasteiger partial charge in [-0.2, -0.15) is 0 Å². The first kappa shape index (κ1) is 15.9. The number of rotatable bonds is 6. The van der Waals surface area contributed by atoms with E-state index in [0.29, 0.717) is 11.7 Å². The van der Waals surface area contributed by atoms with E-state index in [1.54, 1.807) is 0 Å². The molecule has 1 aliphatic carbocycles. The number of hydrogen-bond donors (Lipinski definition) is 2. The van der Waals surface area contributed by atoms with Crippen molar-refractivity contribution in [2.75, 3.05) is 20.0 Å². The van der Waals surface area contributed by atoms with Gasteiger partial charge in [0.25, 0.3) is 0 Å². The summed E-state index contributed by atoms with van der Waals surface area (Å²) in [5.41, 5.74) is 5.58. The quantitative estimate of drug-likeness (QED) is 0.781. The zero-order chi connectivity index (χ0) is 15.8. The molecule has 0 atom stereocenters. The maximum Gasteiger partial charge on any atom is 0.244 e. The Kier molecular flexibility index (Phi) is 4.08. The summed E-state index contributed by atoms with van der Waals surface area (Å²) in [7, 11) is -0.845. The number of nitrogens with one attached hydrogen (secondary N) is 1. The van der Waals surface area contributed by atoms with Gasteiger partial charge in [-0.15, -0.1) is 0 Å². The molecule has 3 N–H and O–H groups in total. The molecule has 0 spiro atoms. The van der Waals surface area contributed by atoms with Gasteiger partial charge in [0.2, 0.25) is 10.0 Å². The Hall–Kier alpha value is -1.47. The maximum atomic E-state index is 12.6. The van der Waals surface area contributed by atoms with Crippen LogP contribution in [-0.2, 0) is 10.0 Å². The highest BCUT2D eigenvalue weighted by molar-refractivity contribution is 7.89. The van der Waals surface area contributed by atoms with E-state index in [0.717, 1.165) is 12.8 Å². The van der Waals surface area contributed by atoms with E-state index in [1.807, 2.05) is 13.8 Å². The van der Waals surface area contributed by atoms with E-state index >= 15 is 0 Å². The molecule has 0 aliphatic heterocycles. The molecule has 1 aromatic rings. The van der Waals surface area contributed by atoms with Crippen LogP contribution in [0.5, 0.6) is 11.5 Å². The zero-order valence-electron chi connectivity index (χ0n) is 12.8. The number of hydrogen-bond acceptors (Lipinski definition) is 5. The van der Waals surface area contributed by atoms with E-state index in [-0.39, 0.29) is 16.3 Å². The summed E-state index contributed by atoms with van der Waals surface area (Å²) in [6.07, 6.45) is 2.08. The van der Waals surface area contributed by atoms with Gasteiger partial charge in [0, 0.05) is 11.6 Å². The average molecular weight is 314 g/mol. The fourth-order valence-electron chi connectivity index (χ4n) is 2.39. The highest BCUT2D eigenvalue weighted by Crippen LogP contribution is 2.41. The first-order valence-electron chi connectivity index (χ1n) is 6.76. The first-order chi connectivity index (χ1) is 9.71. The monoisotopic (exact) mass is 314 g/mol. The molecule has 2 rings (SSSR count). The van der Waals surface area contributed by atoms with Gasteiger partial charge in [0.15, 0.2) is 0 Å². The fraction of sp³-hybridized carbons (Fsp3) is 0.571. The van der Waals surface area contributed by atoms with Crippen LogP contribution in [0.3, 0.4) is 0 Å². The molecule has 6 nitrogen and oxygen atoms in total. The average Bonchev–Trinajstić information content (AvgIpc) is 3.21. The minimum atomic E-state index is -3.72. The molecule has 21 heavy (non-hydrogen) atoms. The number of sulfonamides is 1. The van der Waals surface area contributed by atoms with Crippen LogP contribution in [0, 0.1) is 5.92 Å². The van der Waals surface area contributed by atoms with Crippen LogP contribution in [-0.4, -0.2) is 28.2 Å². The third-order valence-electron chi connectivity index (χ3n) is 3.80. The summed E-state index contributed by atoms with van der Waals surface area (Å²) in [5.74, 6) is 0.960. The standard InChI is InChI=1S/C14H22N2O4S/c1-14(2,9-5-6-9)16-21(17,18)13-7-10(15)11(19-3)8-12(13)20-4/h7-9,16H,5-6,15H2,1-4H3. The number of ether oxygens (including phenoxy) is 2. The second kappa shape index (κ2) is 5.38. The third-order valence-corrected chi connectivity index (χ3v) is 5.49. The molecular formula is C14H22N2O4S. The first-order valence-corrected chi connectivity index (χ1v) is 8.25. The largest absolute Gasteiger partial charge is 0.495 e. The van der Waals surface area contributed by atoms with Crippen molar-refractivity contribution in [1.82, 2.24) is 4.72 Å². The number of benzene rings is 1. The summed E-state index contributed by atoms with van der Waals surface area (Å²) in [4.78, 5) is 0.0250. The van der Waals surface area contributed by atoms with Crippen LogP contribution in [0.25, 0.3) is 0 Å². The zero-order valence-corrected chi connectivity index (χ0v) is 13.6. The van der Waals surface area contributed by atoms with Crippen LogP contribution in [0.4, 0.5) is 5.69 Å². The SMILES string of the molecule is COc1cc(OC)c(S(=O)(=O)NC(C)(C)C2CC2)cc1N. The molecule has 1 aromatic carbocycles. The summed E-state index contributed by atoms with van der Waals surface area (Å²) < 4.78 is 38.2. The van der Waals surface area contributed by atoms with Gasteiger partial charge in [-0.3, -0.25) is 0 Å². The highest BCUT2D eigenvalue weighted by Gasteiger charge is 2.41. The van der Waals surface area contributed by atoms with Crippen LogP contribution in [0.2, 0.25) is 0 Å². The molecule has 0 amide bonds. The molecule has 7 heteroatoms. The topological polar surface area (TPSA) is 90.6 Å². The Morgan fingerprint density at radius 1 is 1.19 bits per heavy atom. The van der Waals surface area contributed by atoms with Crippen molar-refractivity contribution < 1.29 is 17.9 Å². The van der Waals surface area contributed by atoms with Crippen molar-refractivity contribution in [2.24, 2.45) is 5.92 Å². The summed E-state index contributed by atoms with van der Waals surface area (Å²) in [6, 6.07) is 2.84. The van der Waals surface area contributed by atoms with Crippen LogP contribution < -0.4 is 19.9 Å². The van der Waals surface area contributed by atoms with Gasteiger partial charge in [-0.1, -0.05) is 0 Å². The molecule has 1 fully saturated rings. The van der Waals surface area contributed by atoms with Crippen molar-refractivity contribution in [2.45, 2.75) is 37.1 Å². The molecule has 0 aromatic heterocycles. The fourth-order valence-corrected chi connectivity index (χ4v) is 4.05. The van der Waals surface area contributed by atoms with Gasteiger partial charge >= 0.3 is 0 Å². The van der Waals surface area contributed by atoms with Crippen LogP contribution in [0.1, 0.15) is 26.7 Å². The molecule has 0 saturated heterocycles. The second-order valence-corrected chi connectivity index (χ2v) is 7.50. The van der Waals surface area contributed by atoms with E-state index in [2.05, 4.69) is 4.72 Å². The molecule has 1 saturated carbocycles. The Labute approximate surface area is 125 Å². The number of anilines is 1. The number of methoxy groups -OCH3 is 2. The summed E-state index contributed by atoms with van der Waals surface area (Å²) in [6.45, 7) is 3.78. The smallest absolute Gasteiger partial charge is 0.244 e. The summed E-state index contributed by atoms with van der Waals surface area (Å²) in [5, 5.41) is 0. The number of nitrogen functional groups attached to an aromatic ring is 1. The van der Waals surface area contributed by atoms with Gasteiger partial charge in [-0.25, -0.2) is 13.1 Å². The van der Waals surface area contributed by atoms with Crippen molar-refractivity contribution in [3.05, 3.63) is 12.1 Å². The lowest BCUT2D eigenvalue weighted by Gasteiger charge is -2.26. The van der Waals surface area contributed by atoms with Crippen molar-refractivity contribution >= 4 is 15.7 Å². The number of nitrogens with two attached hydrogens (primary N) is 1. The predicted molar refractivity (Wildman–Crippen MR) is 81.1 cm³/mol. The third kappa shape index (κ3) is 3.24. The van der Waals surface area contributed by atoms with Crippen LogP contribution in [0.15, 0.2) is 17.0 Å². The Balaban J connectivity index is 2.41. The van der Waals surface area contributed by atoms with E-state index < -0.39 is 15.6 Å². The predicted octanol–water partition coefficient (Wildman–Crippen LogP) is 1.75. The molecule has 0 radical (unpaired) electrons. The Morgan fingerprint density at radius 2 is 1.76 bits per heavy atom. The van der Waals surface area contributed by atoms with Gasteiger partial charge in [0.1, 0.15) is 16.4 Å². The molecule has 0 heterocycles. The van der Waals surface area contributed by atoms with Crippen molar-refractivity contribution in [1.29, 1.82) is 0 Å². The summed E-state index contributed by atoms with van der Waals surface area (Å²) >= 11 is 0. The molecule has 0 unspecified atom stereocenters. The minimum absolute atomic E-state index is 0.0250. The van der Waals surface area contributed by atoms with Crippen LogP contribution >= 0.6 is 0 Å². The molecule has 0 bridgehead atoms. The lowest BCUT2D eigenvalue weighted by molar-refractivity contribution is 0.382. The molecular weight excluding hydrogens is 292 g/mol. The lowest BCUT2D eigenvalue weighted by Crippen LogP contribution is -2.45. The molecule has 1 aliphatic rings. The van der Waals surface area contributed by atoms with Gasteiger partial charge in [0.05, 0.1) is 19.9 Å². The highest BCUT2D eigenvalue weighted by atomic mass is 32.2. The van der Waals surface area contributed by atoms with Crippen molar-refractivity contribution in [3.8, 4) is 11.5 Å². The van der Waals surface area contributed by atoms with Gasteiger partial charge < -0.3 is 15.2 Å². The van der Waals surface area contributed by atoms with E-state index in [1.165, 1.54) is 26.4 Å². The lowest BCUT2D eigenvalue weighted by atomic mass is 10.0. The Morgan fingerprint density at radius 3 is 2.24 bits per heavy atom. The van der Waals surface area contributed by atoms with E-state index in [4.69, 9.17) is 15.2 Å². The molecule has 118 valence electrons.